The van der Waals surface area contributed by atoms with Gasteiger partial charge in [0, 0.05) is 0 Å². The SMILES string of the molecule is CCS[C@H]1O[C@@H](C)[C@@H](OCc2ccccc2)[C@@H](OCc2ccccc2)[C@@H]1OCc1ccc(OC)cc1. The van der Waals surface area contributed by atoms with E-state index < -0.39 is 0 Å². The van der Waals surface area contributed by atoms with E-state index >= 15 is 0 Å². The molecule has 1 heterocycles. The molecule has 192 valence electrons. The molecule has 4 rings (SSSR count). The summed E-state index contributed by atoms with van der Waals surface area (Å²) in [5.41, 5.74) is 3.15. The summed E-state index contributed by atoms with van der Waals surface area (Å²) in [7, 11) is 1.67. The van der Waals surface area contributed by atoms with Crippen LogP contribution in [0.5, 0.6) is 5.75 Å². The van der Waals surface area contributed by atoms with Crippen molar-refractivity contribution in [3.05, 3.63) is 102 Å². The van der Waals surface area contributed by atoms with Gasteiger partial charge in [-0.05, 0) is 41.5 Å². The summed E-state index contributed by atoms with van der Waals surface area (Å²) in [6.07, 6.45) is -0.999. The number of rotatable bonds is 12. The second kappa shape index (κ2) is 13.8. The molecule has 5 nitrogen and oxygen atoms in total. The fourth-order valence-corrected chi connectivity index (χ4v) is 5.32. The number of thioether (sulfide) groups is 1. The lowest BCUT2D eigenvalue weighted by molar-refractivity contribution is -0.242. The molecule has 0 amide bonds. The van der Waals surface area contributed by atoms with E-state index in [1.165, 1.54) is 0 Å². The molecule has 36 heavy (non-hydrogen) atoms. The fourth-order valence-electron chi connectivity index (χ4n) is 4.31. The third kappa shape index (κ3) is 7.34. The van der Waals surface area contributed by atoms with Crippen LogP contribution in [-0.2, 0) is 38.8 Å². The highest BCUT2D eigenvalue weighted by Gasteiger charge is 2.46. The summed E-state index contributed by atoms with van der Waals surface area (Å²) in [6, 6.07) is 28.4. The number of ether oxygens (including phenoxy) is 5. The number of hydrogen-bond acceptors (Lipinski definition) is 6. The Kier molecular flexibility index (Phi) is 10.3. The van der Waals surface area contributed by atoms with Gasteiger partial charge in [-0.25, -0.2) is 0 Å². The van der Waals surface area contributed by atoms with Gasteiger partial charge in [-0.3, -0.25) is 0 Å². The maximum atomic E-state index is 6.59. The molecule has 1 saturated heterocycles. The summed E-state index contributed by atoms with van der Waals surface area (Å²) >= 11 is 1.74. The van der Waals surface area contributed by atoms with E-state index in [-0.39, 0.29) is 29.9 Å². The van der Waals surface area contributed by atoms with Gasteiger partial charge in [0.1, 0.15) is 29.5 Å². The number of hydrogen-bond donors (Lipinski definition) is 0. The molecule has 0 aliphatic carbocycles. The van der Waals surface area contributed by atoms with Gasteiger partial charge in [-0.2, -0.15) is 0 Å². The molecule has 0 N–H and O–H groups in total. The van der Waals surface area contributed by atoms with Gasteiger partial charge in [0.25, 0.3) is 0 Å². The van der Waals surface area contributed by atoms with Crippen molar-refractivity contribution in [3.8, 4) is 5.75 Å². The van der Waals surface area contributed by atoms with Crippen molar-refractivity contribution in [1.29, 1.82) is 0 Å². The van der Waals surface area contributed by atoms with E-state index in [9.17, 15) is 0 Å². The first-order valence-corrected chi connectivity index (χ1v) is 13.6. The summed E-state index contributed by atoms with van der Waals surface area (Å²) in [6.45, 7) is 5.62. The molecule has 1 fully saturated rings. The van der Waals surface area contributed by atoms with Crippen LogP contribution in [0.1, 0.15) is 30.5 Å². The zero-order valence-corrected chi connectivity index (χ0v) is 22.1. The molecule has 0 bridgehead atoms. The largest absolute Gasteiger partial charge is 0.497 e. The highest BCUT2D eigenvalue weighted by Crippen LogP contribution is 2.35. The van der Waals surface area contributed by atoms with Crippen LogP contribution in [0.25, 0.3) is 0 Å². The smallest absolute Gasteiger partial charge is 0.132 e. The molecule has 1 aliphatic rings. The fraction of sp³-hybridized carbons (Fsp3) is 0.400. The quantitative estimate of drug-likeness (QED) is 0.288. The minimum atomic E-state index is -0.294. The third-order valence-corrected chi connectivity index (χ3v) is 7.27. The minimum Gasteiger partial charge on any atom is -0.497 e. The van der Waals surface area contributed by atoms with Crippen molar-refractivity contribution in [3.63, 3.8) is 0 Å². The van der Waals surface area contributed by atoms with Crippen LogP contribution in [0.15, 0.2) is 84.9 Å². The van der Waals surface area contributed by atoms with Crippen LogP contribution < -0.4 is 4.74 Å². The molecular formula is C30H36O5S. The summed E-state index contributed by atoms with van der Waals surface area (Å²) < 4.78 is 31.4. The van der Waals surface area contributed by atoms with E-state index in [2.05, 4.69) is 38.1 Å². The van der Waals surface area contributed by atoms with Crippen LogP contribution in [0, 0.1) is 0 Å². The van der Waals surface area contributed by atoms with Crippen molar-refractivity contribution in [2.24, 2.45) is 0 Å². The van der Waals surface area contributed by atoms with Gasteiger partial charge in [0.15, 0.2) is 0 Å². The summed E-state index contributed by atoms with van der Waals surface area (Å²) in [4.78, 5) is 0. The lowest BCUT2D eigenvalue weighted by Crippen LogP contribution is -2.58. The molecular weight excluding hydrogens is 472 g/mol. The van der Waals surface area contributed by atoms with Crippen molar-refractivity contribution < 1.29 is 23.7 Å². The Bertz CT molecular complexity index is 1010. The monoisotopic (exact) mass is 508 g/mol. The van der Waals surface area contributed by atoms with E-state index in [0.29, 0.717) is 19.8 Å². The second-order valence-electron chi connectivity index (χ2n) is 8.81. The average Bonchev–Trinajstić information content (AvgIpc) is 2.92. The standard InChI is InChI=1S/C30H36O5S/c1-4-36-30-29(34-21-25-15-17-26(31-3)18-16-25)28(33-20-24-13-9-6-10-14-24)27(22(2)35-30)32-19-23-11-7-5-8-12-23/h5-18,22,27-30H,4,19-21H2,1-3H3/t22-,27+,28+,29-,30+/m0/s1. The van der Waals surface area contributed by atoms with Gasteiger partial charge in [0.05, 0.1) is 33.0 Å². The number of methoxy groups -OCH3 is 1. The Balaban J connectivity index is 1.54. The van der Waals surface area contributed by atoms with Crippen molar-refractivity contribution in [2.45, 2.75) is 63.5 Å². The van der Waals surface area contributed by atoms with Crippen molar-refractivity contribution in [2.75, 3.05) is 12.9 Å². The minimum absolute atomic E-state index is 0.139. The van der Waals surface area contributed by atoms with E-state index in [1.54, 1.807) is 18.9 Å². The van der Waals surface area contributed by atoms with Gasteiger partial charge < -0.3 is 23.7 Å². The maximum Gasteiger partial charge on any atom is 0.132 e. The zero-order valence-electron chi connectivity index (χ0n) is 21.2. The third-order valence-electron chi connectivity index (χ3n) is 6.23. The highest BCUT2D eigenvalue weighted by atomic mass is 32.2. The Hall–Kier alpha value is -2.35. The predicted molar refractivity (Wildman–Crippen MR) is 144 cm³/mol. The molecule has 0 radical (unpaired) electrons. The van der Waals surface area contributed by atoms with Crippen LogP contribution in [0.3, 0.4) is 0 Å². The zero-order chi connectivity index (χ0) is 25.2. The van der Waals surface area contributed by atoms with E-state index in [4.69, 9.17) is 23.7 Å². The Morgan fingerprint density at radius 2 is 1.17 bits per heavy atom. The molecule has 6 heteroatoms. The van der Waals surface area contributed by atoms with E-state index in [1.807, 2.05) is 60.7 Å². The number of benzene rings is 3. The summed E-state index contributed by atoms with van der Waals surface area (Å²) in [5.74, 6) is 1.74. The van der Waals surface area contributed by atoms with Crippen LogP contribution in [-0.4, -0.2) is 42.7 Å². The lowest BCUT2D eigenvalue weighted by atomic mass is 9.99. The van der Waals surface area contributed by atoms with Gasteiger partial charge in [-0.1, -0.05) is 79.7 Å². The molecule has 5 atom stereocenters. The Morgan fingerprint density at radius 3 is 1.69 bits per heavy atom. The van der Waals surface area contributed by atoms with Crippen LogP contribution in [0.2, 0.25) is 0 Å². The van der Waals surface area contributed by atoms with Gasteiger partial charge >= 0.3 is 0 Å². The van der Waals surface area contributed by atoms with Gasteiger partial charge in [0.2, 0.25) is 0 Å². The first kappa shape index (κ1) is 26.7. The lowest BCUT2D eigenvalue weighted by Gasteiger charge is -2.45. The van der Waals surface area contributed by atoms with Gasteiger partial charge in [-0.15, -0.1) is 11.8 Å². The Labute approximate surface area is 219 Å². The average molecular weight is 509 g/mol. The first-order valence-electron chi connectivity index (χ1n) is 12.5. The second-order valence-corrected chi connectivity index (χ2v) is 10.2. The maximum absolute atomic E-state index is 6.59. The van der Waals surface area contributed by atoms with Crippen LogP contribution in [0.4, 0.5) is 0 Å². The predicted octanol–water partition coefficient (Wildman–Crippen LogP) is 6.25. The molecule has 3 aromatic carbocycles. The molecule has 0 saturated carbocycles. The van der Waals surface area contributed by atoms with Crippen molar-refractivity contribution >= 4 is 11.8 Å². The normalized spacial score (nSPS) is 23.9. The Morgan fingerprint density at radius 1 is 0.667 bits per heavy atom. The van der Waals surface area contributed by atoms with Crippen molar-refractivity contribution in [1.82, 2.24) is 0 Å². The molecule has 3 aromatic rings. The topological polar surface area (TPSA) is 46.2 Å². The molecule has 1 aliphatic heterocycles. The molecule has 0 spiro atoms. The first-order chi connectivity index (χ1) is 17.7. The highest BCUT2D eigenvalue weighted by molar-refractivity contribution is 7.99. The van der Waals surface area contributed by atoms with E-state index in [0.717, 1.165) is 28.2 Å². The molecule has 0 aromatic heterocycles. The van der Waals surface area contributed by atoms with Crippen LogP contribution >= 0.6 is 11.8 Å². The molecule has 0 unspecified atom stereocenters. The summed E-state index contributed by atoms with van der Waals surface area (Å²) in [5, 5.41) is 0.